The molecule has 1 aromatic rings. The number of hydrogen-bond acceptors (Lipinski definition) is 3. The molecule has 0 bridgehead atoms. The number of nitrogens with one attached hydrogen (secondary N) is 1. The number of carbonyl (C=O) groups is 2. The quantitative estimate of drug-likeness (QED) is 0.904. The molecule has 3 rings (SSSR count). The number of benzene rings is 1. The van der Waals surface area contributed by atoms with Crippen molar-refractivity contribution in [1.29, 1.82) is 0 Å². The molecule has 2 saturated heterocycles. The van der Waals surface area contributed by atoms with E-state index in [2.05, 4.69) is 10.2 Å². The average molecular weight is 319 g/mol. The first kappa shape index (κ1) is 15.9. The minimum Gasteiger partial charge on any atom is -0.342 e. The molecule has 0 aromatic heterocycles. The van der Waals surface area contributed by atoms with Crippen LogP contribution in [0, 0.1) is 11.7 Å². The molecule has 0 aliphatic carbocycles. The van der Waals surface area contributed by atoms with Gasteiger partial charge in [0.25, 0.3) is 0 Å². The Hall–Kier alpha value is -1.95. The molecule has 1 N–H and O–H groups in total. The van der Waals surface area contributed by atoms with Gasteiger partial charge in [-0.15, -0.1) is 0 Å². The van der Waals surface area contributed by atoms with E-state index < -0.39 is 12.1 Å². The van der Waals surface area contributed by atoms with E-state index in [1.54, 1.807) is 11.0 Å². The van der Waals surface area contributed by atoms with Gasteiger partial charge < -0.3 is 10.2 Å². The number of rotatable bonds is 3. The summed E-state index contributed by atoms with van der Waals surface area (Å²) in [6.07, 6.45) is 0. The molecule has 0 spiro atoms. The van der Waals surface area contributed by atoms with Gasteiger partial charge in [-0.3, -0.25) is 14.5 Å². The Kier molecular flexibility index (Phi) is 4.35. The Balaban J connectivity index is 1.69. The van der Waals surface area contributed by atoms with Gasteiger partial charge >= 0.3 is 0 Å². The van der Waals surface area contributed by atoms with Gasteiger partial charge in [0.2, 0.25) is 11.8 Å². The average Bonchev–Trinajstić information content (AvgIpc) is 2.50. The second kappa shape index (κ2) is 6.28. The van der Waals surface area contributed by atoms with Crippen molar-refractivity contribution < 1.29 is 14.0 Å². The predicted molar refractivity (Wildman–Crippen MR) is 83.9 cm³/mol. The van der Waals surface area contributed by atoms with Crippen LogP contribution in [0.25, 0.3) is 0 Å². The summed E-state index contributed by atoms with van der Waals surface area (Å²) in [5.41, 5.74) is 0.876. The number of piperazine rings is 2. The van der Waals surface area contributed by atoms with E-state index in [1.165, 1.54) is 12.1 Å². The molecule has 0 saturated carbocycles. The highest BCUT2D eigenvalue weighted by molar-refractivity contribution is 5.97. The fraction of sp³-hybridized carbons (Fsp3) is 0.529. The highest BCUT2D eigenvalue weighted by atomic mass is 19.1. The molecule has 124 valence electrons. The maximum absolute atomic E-state index is 13.3. The highest BCUT2D eigenvalue weighted by Gasteiger charge is 2.44. The Morgan fingerprint density at radius 2 is 2.09 bits per heavy atom. The number of halogens is 1. The summed E-state index contributed by atoms with van der Waals surface area (Å²) in [6.45, 7) is 6.16. The van der Waals surface area contributed by atoms with Gasteiger partial charge in [-0.05, 0) is 23.6 Å². The third-order valence-corrected chi connectivity index (χ3v) is 4.58. The van der Waals surface area contributed by atoms with Gasteiger partial charge in [0.1, 0.15) is 17.9 Å². The van der Waals surface area contributed by atoms with E-state index in [0.29, 0.717) is 26.2 Å². The Morgan fingerprint density at radius 3 is 2.78 bits per heavy atom. The monoisotopic (exact) mass is 319 g/mol. The van der Waals surface area contributed by atoms with Gasteiger partial charge in [0.15, 0.2) is 0 Å². The molecular formula is C17H22FN3O2. The minimum atomic E-state index is -0.445. The maximum Gasteiger partial charge on any atom is 0.246 e. The second-order valence-corrected chi connectivity index (χ2v) is 6.64. The van der Waals surface area contributed by atoms with Crippen LogP contribution in [-0.2, 0) is 16.1 Å². The molecule has 2 aliphatic rings. The SMILES string of the molecule is CC(C)[C@@H]1NC(=O)[C@H]2CN(Cc3cccc(F)c3)CCN2C1=O. The first-order valence-electron chi connectivity index (χ1n) is 8.03. The lowest BCUT2D eigenvalue weighted by Gasteiger charge is -2.46. The summed E-state index contributed by atoms with van der Waals surface area (Å²) >= 11 is 0. The van der Waals surface area contributed by atoms with Crippen LogP contribution in [0.15, 0.2) is 24.3 Å². The summed E-state index contributed by atoms with van der Waals surface area (Å²) in [5.74, 6) is -0.258. The minimum absolute atomic E-state index is 0.00926. The van der Waals surface area contributed by atoms with Crippen LogP contribution in [-0.4, -0.2) is 53.3 Å². The van der Waals surface area contributed by atoms with Crippen LogP contribution >= 0.6 is 0 Å². The first-order valence-corrected chi connectivity index (χ1v) is 8.03. The number of hydrogen-bond donors (Lipinski definition) is 1. The summed E-state index contributed by atoms with van der Waals surface area (Å²) < 4.78 is 13.3. The van der Waals surface area contributed by atoms with Crippen molar-refractivity contribution in [2.45, 2.75) is 32.5 Å². The number of fused-ring (bicyclic) bond motifs is 1. The predicted octanol–water partition coefficient (Wildman–Crippen LogP) is 0.993. The van der Waals surface area contributed by atoms with Crippen molar-refractivity contribution in [2.24, 2.45) is 5.92 Å². The molecule has 2 heterocycles. The van der Waals surface area contributed by atoms with E-state index in [1.807, 2.05) is 19.9 Å². The lowest BCUT2D eigenvalue weighted by Crippen LogP contribution is -2.70. The molecule has 5 nitrogen and oxygen atoms in total. The van der Waals surface area contributed by atoms with Crippen molar-refractivity contribution in [3.05, 3.63) is 35.6 Å². The van der Waals surface area contributed by atoms with Gasteiger partial charge in [0.05, 0.1) is 0 Å². The van der Waals surface area contributed by atoms with E-state index >= 15 is 0 Å². The number of amides is 2. The van der Waals surface area contributed by atoms with Crippen LogP contribution in [0.2, 0.25) is 0 Å². The van der Waals surface area contributed by atoms with E-state index in [4.69, 9.17) is 0 Å². The van der Waals surface area contributed by atoms with Crippen molar-refractivity contribution in [2.75, 3.05) is 19.6 Å². The van der Waals surface area contributed by atoms with E-state index in [-0.39, 0.29) is 23.5 Å². The normalized spacial score (nSPS) is 25.5. The smallest absolute Gasteiger partial charge is 0.246 e. The zero-order valence-electron chi connectivity index (χ0n) is 13.5. The molecule has 0 unspecified atom stereocenters. The highest BCUT2D eigenvalue weighted by Crippen LogP contribution is 2.20. The summed E-state index contributed by atoms with van der Waals surface area (Å²) in [6, 6.07) is 5.61. The summed E-state index contributed by atoms with van der Waals surface area (Å²) in [5, 5.41) is 2.84. The van der Waals surface area contributed by atoms with Crippen LogP contribution in [0.3, 0.4) is 0 Å². The molecule has 0 radical (unpaired) electrons. The van der Waals surface area contributed by atoms with Crippen molar-refractivity contribution in [1.82, 2.24) is 15.1 Å². The molecule has 2 aliphatic heterocycles. The number of carbonyl (C=O) groups excluding carboxylic acids is 2. The van der Waals surface area contributed by atoms with E-state index in [9.17, 15) is 14.0 Å². The van der Waals surface area contributed by atoms with Gasteiger partial charge in [0, 0.05) is 26.2 Å². The second-order valence-electron chi connectivity index (χ2n) is 6.64. The third-order valence-electron chi connectivity index (χ3n) is 4.58. The van der Waals surface area contributed by atoms with Gasteiger partial charge in [-0.2, -0.15) is 0 Å². The van der Waals surface area contributed by atoms with E-state index in [0.717, 1.165) is 5.56 Å². The van der Waals surface area contributed by atoms with Gasteiger partial charge in [-0.25, -0.2) is 4.39 Å². The van der Waals surface area contributed by atoms with Crippen LogP contribution < -0.4 is 5.32 Å². The zero-order chi connectivity index (χ0) is 16.6. The molecular weight excluding hydrogens is 297 g/mol. The van der Waals surface area contributed by atoms with Crippen LogP contribution in [0.1, 0.15) is 19.4 Å². The first-order chi connectivity index (χ1) is 11.0. The molecule has 23 heavy (non-hydrogen) atoms. The van der Waals surface area contributed by atoms with Crippen LogP contribution in [0.4, 0.5) is 4.39 Å². The Bertz CT molecular complexity index is 620. The molecule has 1 aromatic carbocycles. The van der Waals surface area contributed by atoms with Crippen molar-refractivity contribution >= 4 is 11.8 Å². The molecule has 2 atom stereocenters. The Morgan fingerprint density at radius 1 is 1.30 bits per heavy atom. The molecule has 6 heteroatoms. The fourth-order valence-corrected chi connectivity index (χ4v) is 3.31. The summed E-state index contributed by atoms with van der Waals surface area (Å²) in [4.78, 5) is 28.6. The van der Waals surface area contributed by atoms with Crippen molar-refractivity contribution in [3.63, 3.8) is 0 Å². The molecule has 2 fully saturated rings. The number of nitrogens with zero attached hydrogens (tertiary/aromatic N) is 2. The van der Waals surface area contributed by atoms with Gasteiger partial charge in [-0.1, -0.05) is 26.0 Å². The maximum atomic E-state index is 13.3. The summed E-state index contributed by atoms with van der Waals surface area (Å²) in [7, 11) is 0. The topological polar surface area (TPSA) is 52.7 Å². The fourth-order valence-electron chi connectivity index (χ4n) is 3.31. The largest absolute Gasteiger partial charge is 0.342 e. The standard InChI is InChI=1S/C17H22FN3O2/c1-11(2)15-17(23)21-7-6-20(10-14(21)16(22)19-15)9-12-4-3-5-13(18)8-12/h3-5,8,11,14-15H,6-7,9-10H2,1-2H3,(H,19,22)/t14-,15+/m1/s1. The van der Waals surface area contributed by atoms with Crippen molar-refractivity contribution in [3.8, 4) is 0 Å². The van der Waals surface area contributed by atoms with Crippen LogP contribution in [0.5, 0.6) is 0 Å². The lowest BCUT2D eigenvalue weighted by molar-refractivity contribution is -0.154. The Labute approximate surface area is 135 Å². The lowest BCUT2D eigenvalue weighted by atomic mass is 9.96. The third kappa shape index (κ3) is 3.22. The molecule has 2 amide bonds. The zero-order valence-corrected chi connectivity index (χ0v) is 13.5.